The number of carboxylic acid groups (broad SMARTS) is 1. The van der Waals surface area contributed by atoms with Gasteiger partial charge in [0.05, 0.1) is 5.92 Å². The predicted molar refractivity (Wildman–Crippen MR) is 79.2 cm³/mol. The van der Waals surface area contributed by atoms with Gasteiger partial charge < -0.3 is 10.4 Å². The molecule has 0 radical (unpaired) electrons. The number of nitrogens with one attached hydrogen (secondary N) is 1. The van der Waals surface area contributed by atoms with Crippen molar-refractivity contribution < 1.29 is 9.90 Å². The van der Waals surface area contributed by atoms with Crippen molar-refractivity contribution in [3.05, 3.63) is 0 Å². The van der Waals surface area contributed by atoms with Crippen LogP contribution in [0.15, 0.2) is 0 Å². The number of carbonyl (C=O) groups is 1. The number of hydrogen-bond acceptors (Lipinski definition) is 2. The normalized spacial score (nSPS) is 26.9. The summed E-state index contributed by atoms with van der Waals surface area (Å²) in [5, 5.41) is 12.9. The van der Waals surface area contributed by atoms with Gasteiger partial charge in [-0.05, 0) is 44.1 Å². The molecule has 4 atom stereocenters. The molecule has 0 spiro atoms. The first-order chi connectivity index (χ1) is 9.08. The molecule has 3 heteroatoms. The van der Waals surface area contributed by atoms with Gasteiger partial charge >= 0.3 is 5.97 Å². The second-order valence-corrected chi connectivity index (χ2v) is 6.25. The summed E-state index contributed by atoms with van der Waals surface area (Å²) < 4.78 is 0. The van der Waals surface area contributed by atoms with Crippen LogP contribution in [-0.4, -0.2) is 23.7 Å². The topological polar surface area (TPSA) is 49.3 Å². The first kappa shape index (κ1) is 16.5. The third kappa shape index (κ3) is 5.52. The fraction of sp³-hybridized carbons (Fsp3) is 0.938. The van der Waals surface area contributed by atoms with E-state index in [9.17, 15) is 9.90 Å². The molecule has 112 valence electrons. The highest BCUT2D eigenvalue weighted by atomic mass is 16.4. The summed E-state index contributed by atoms with van der Waals surface area (Å²) in [4.78, 5) is 11.3. The van der Waals surface area contributed by atoms with E-state index in [-0.39, 0.29) is 5.92 Å². The van der Waals surface area contributed by atoms with Crippen molar-refractivity contribution in [2.24, 2.45) is 17.8 Å². The maximum absolute atomic E-state index is 11.3. The lowest BCUT2D eigenvalue weighted by Crippen LogP contribution is -2.39. The van der Waals surface area contributed by atoms with E-state index in [0.29, 0.717) is 12.0 Å². The van der Waals surface area contributed by atoms with Crippen molar-refractivity contribution in [3.8, 4) is 0 Å². The smallest absolute Gasteiger partial charge is 0.306 e. The van der Waals surface area contributed by atoms with Crippen molar-refractivity contribution in [1.82, 2.24) is 5.32 Å². The van der Waals surface area contributed by atoms with Gasteiger partial charge in [-0.15, -0.1) is 0 Å². The molecule has 1 aliphatic carbocycles. The molecule has 1 fully saturated rings. The van der Waals surface area contributed by atoms with Crippen molar-refractivity contribution in [1.29, 1.82) is 0 Å². The second kappa shape index (κ2) is 8.57. The fourth-order valence-corrected chi connectivity index (χ4v) is 3.14. The summed E-state index contributed by atoms with van der Waals surface area (Å²) in [6.45, 7) is 7.63. The average molecular weight is 269 g/mol. The highest BCUT2D eigenvalue weighted by molar-refractivity contribution is 5.70. The van der Waals surface area contributed by atoms with Crippen LogP contribution < -0.4 is 5.32 Å². The SMILES string of the molecule is CCC(C)CC(CC)NCC1CCCCC1C(=O)O. The molecule has 1 rings (SSSR count). The van der Waals surface area contributed by atoms with Gasteiger partial charge in [-0.1, -0.05) is 40.0 Å². The predicted octanol–water partition coefficient (Wildman–Crippen LogP) is 3.68. The molecule has 0 heterocycles. The summed E-state index contributed by atoms with van der Waals surface area (Å²) in [7, 11) is 0. The molecule has 0 aromatic heterocycles. The lowest BCUT2D eigenvalue weighted by molar-refractivity contribution is -0.144. The van der Waals surface area contributed by atoms with Crippen LogP contribution in [-0.2, 0) is 4.79 Å². The quantitative estimate of drug-likeness (QED) is 0.706. The van der Waals surface area contributed by atoms with E-state index in [2.05, 4.69) is 26.1 Å². The van der Waals surface area contributed by atoms with Gasteiger partial charge in [-0.3, -0.25) is 4.79 Å². The molecular weight excluding hydrogens is 238 g/mol. The van der Waals surface area contributed by atoms with Crippen molar-refractivity contribution in [3.63, 3.8) is 0 Å². The van der Waals surface area contributed by atoms with Crippen LogP contribution in [0.4, 0.5) is 0 Å². The van der Waals surface area contributed by atoms with Crippen molar-refractivity contribution in [2.75, 3.05) is 6.54 Å². The van der Waals surface area contributed by atoms with E-state index in [4.69, 9.17) is 0 Å². The Labute approximate surface area is 118 Å². The zero-order chi connectivity index (χ0) is 14.3. The Bertz CT molecular complexity index is 267. The third-order valence-electron chi connectivity index (χ3n) is 4.77. The van der Waals surface area contributed by atoms with Gasteiger partial charge in [0.25, 0.3) is 0 Å². The molecule has 4 unspecified atom stereocenters. The van der Waals surface area contributed by atoms with E-state index < -0.39 is 5.97 Å². The number of rotatable bonds is 8. The number of hydrogen-bond donors (Lipinski definition) is 2. The van der Waals surface area contributed by atoms with Crippen molar-refractivity contribution in [2.45, 2.75) is 71.8 Å². The van der Waals surface area contributed by atoms with Crippen LogP contribution in [0.5, 0.6) is 0 Å². The van der Waals surface area contributed by atoms with Crippen LogP contribution in [0.3, 0.4) is 0 Å². The molecule has 1 aliphatic rings. The lowest BCUT2D eigenvalue weighted by Gasteiger charge is -2.31. The Morgan fingerprint density at radius 2 is 1.95 bits per heavy atom. The minimum Gasteiger partial charge on any atom is -0.481 e. The van der Waals surface area contributed by atoms with Crippen LogP contribution >= 0.6 is 0 Å². The standard InChI is InChI=1S/C16H31NO2/c1-4-12(3)10-14(5-2)17-11-13-8-6-7-9-15(13)16(18)19/h12-15,17H,4-11H2,1-3H3,(H,18,19). The molecule has 3 nitrogen and oxygen atoms in total. The second-order valence-electron chi connectivity index (χ2n) is 6.25. The van der Waals surface area contributed by atoms with Gasteiger partial charge in [0, 0.05) is 6.04 Å². The van der Waals surface area contributed by atoms with Gasteiger partial charge in [-0.2, -0.15) is 0 Å². The first-order valence-electron chi connectivity index (χ1n) is 8.04. The molecule has 0 saturated heterocycles. The highest BCUT2D eigenvalue weighted by Gasteiger charge is 2.30. The van der Waals surface area contributed by atoms with Gasteiger partial charge in [0.1, 0.15) is 0 Å². The minimum absolute atomic E-state index is 0.123. The average Bonchev–Trinajstić information content (AvgIpc) is 2.43. The summed E-state index contributed by atoms with van der Waals surface area (Å²) in [6, 6.07) is 0.548. The zero-order valence-electron chi connectivity index (χ0n) is 12.8. The Hall–Kier alpha value is -0.570. The van der Waals surface area contributed by atoms with E-state index in [1.54, 1.807) is 0 Å². The third-order valence-corrected chi connectivity index (χ3v) is 4.77. The van der Waals surface area contributed by atoms with E-state index >= 15 is 0 Å². The largest absolute Gasteiger partial charge is 0.481 e. The van der Waals surface area contributed by atoms with Gasteiger partial charge in [0.2, 0.25) is 0 Å². The van der Waals surface area contributed by atoms with E-state index in [1.807, 2.05) is 0 Å². The summed E-state index contributed by atoms with van der Waals surface area (Å²) in [5.74, 6) is 0.361. The monoisotopic (exact) mass is 269 g/mol. The Balaban J connectivity index is 2.41. The van der Waals surface area contributed by atoms with E-state index in [0.717, 1.165) is 38.1 Å². The number of aliphatic carboxylic acids is 1. The summed E-state index contributed by atoms with van der Waals surface area (Å²) in [6.07, 6.45) is 7.77. The fourth-order valence-electron chi connectivity index (χ4n) is 3.14. The molecule has 0 aromatic carbocycles. The minimum atomic E-state index is -0.596. The highest BCUT2D eigenvalue weighted by Crippen LogP contribution is 2.30. The van der Waals surface area contributed by atoms with Gasteiger partial charge in [0.15, 0.2) is 0 Å². The zero-order valence-corrected chi connectivity index (χ0v) is 12.8. The first-order valence-corrected chi connectivity index (χ1v) is 8.04. The van der Waals surface area contributed by atoms with Crippen molar-refractivity contribution >= 4 is 5.97 Å². The van der Waals surface area contributed by atoms with Crippen LogP contribution in [0.25, 0.3) is 0 Å². The Morgan fingerprint density at radius 3 is 2.53 bits per heavy atom. The molecule has 2 N–H and O–H groups in total. The molecule has 1 saturated carbocycles. The molecule has 0 bridgehead atoms. The molecule has 19 heavy (non-hydrogen) atoms. The van der Waals surface area contributed by atoms with Crippen LogP contribution in [0, 0.1) is 17.8 Å². The van der Waals surface area contributed by atoms with Gasteiger partial charge in [-0.25, -0.2) is 0 Å². The van der Waals surface area contributed by atoms with Crippen LogP contribution in [0.2, 0.25) is 0 Å². The van der Waals surface area contributed by atoms with E-state index in [1.165, 1.54) is 19.3 Å². The molecule has 0 aliphatic heterocycles. The molecule has 0 aromatic rings. The molecular formula is C16H31NO2. The lowest BCUT2D eigenvalue weighted by atomic mass is 9.79. The Kier molecular flexibility index (Phi) is 7.44. The number of carboxylic acids is 1. The maximum atomic E-state index is 11.3. The summed E-state index contributed by atoms with van der Waals surface area (Å²) in [5.41, 5.74) is 0. The summed E-state index contributed by atoms with van der Waals surface area (Å²) >= 11 is 0. The molecule has 0 amide bonds. The maximum Gasteiger partial charge on any atom is 0.306 e. The Morgan fingerprint density at radius 1 is 1.26 bits per heavy atom. The van der Waals surface area contributed by atoms with Crippen LogP contribution in [0.1, 0.15) is 65.7 Å².